The number of piperidine rings is 1. The average molecular weight is 472 g/mol. The number of nitrogens with one attached hydrogen (secondary N) is 2. The van der Waals surface area contributed by atoms with E-state index in [-0.39, 0.29) is 24.0 Å². The first-order valence-corrected chi connectivity index (χ1v) is 10.0. The van der Waals surface area contributed by atoms with Gasteiger partial charge in [-0.3, -0.25) is 4.99 Å². The minimum absolute atomic E-state index is 0. The van der Waals surface area contributed by atoms with Crippen molar-refractivity contribution in [1.29, 1.82) is 0 Å². The first-order chi connectivity index (χ1) is 12.2. The van der Waals surface area contributed by atoms with Gasteiger partial charge in [0.05, 0.1) is 0 Å². The maximum Gasteiger partial charge on any atom is 0.191 e. The highest BCUT2D eigenvalue weighted by Crippen LogP contribution is 2.11. The number of guanidine groups is 1. The molecule has 1 fully saturated rings. The van der Waals surface area contributed by atoms with Crippen LogP contribution in [0, 0.1) is 0 Å². The second-order valence-corrected chi connectivity index (χ2v) is 7.03. The van der Waals surface area contributed by atoms with Crippen LogP contribution in [0.25, 0.3) is 0 Å². The van der Waals surface area contributed by atoms with Crippen molar-refractivity contribution in [2.24, 2.45) is 4.99 Å². The Labute approximate surface area is 177 Å². The molecule has 0 amide bonds. The lowest BCUT2D eigenvalue weighted by Gasteiger charge is -2.33. The Bertz CT molecular complexity index is 507. The highest BCUT2D eigenvalue weighted by Gasteiger charge is 2.19. The normalized spacial score (nSPS) is 16.2. The van der Waals surface area contributed by atoms with Gasteiger partial charge in [0.15, 0.2) is 5.96 Å². The molecule has 0 spiro atoms. The maximum absolute atomic E-state index is 4.39. The first kappa shape index (κ1) is 23.2. The van der Waals surface area contributed by atoms with Crippen molar-refractivity contribution in [2.45, 2.75) is 58.4 Å². The molecule has 1 heterocycles. The van der Waals surface area contributed by atoms with Crippen molar-refractivity contribution in [3.8, 4) is 0 Å². The Morgan fingerprint density at radius 2 is 1.77 bits per heavy atom. The molecule has 0 saturated carbocycles. The summed E-state index contributed by atoms with van der Waals surface area (Å²) in [6.07, 6.45) is 7.16. The lowest BCUT2D eigenvalue weighted by Crippen LogP contribution is -2.49. The van der Waals surface area contributed by atoms with Gasteiger partial charge in [-0.1, -0.05) is 44.5 Å². The summed E-state index contributed by atoms with van der Waals surface area (Å²) in [5, 5.41) is 7.06. The van der Waals surface area contributed by atoms with Crippen LogP contribution in [0.2, 0.25) is 0 Å². The first-order valence-electron chi connectivity index (χ1n) is 10.0. The number of aliphatic imine (C=N–C) groups is 1. The molecule has 5 heteroatoms. The summed E-state index contributed by atoms with van der Waals surface area (Å²) in [7, 11) is 1.86. The number of hydrogen-bond acceptors (Lipinski definition) is 2. The molecule has 1 saturated heterocycles. The summed E-state index contributed by atoms with van der Waals surface area (Å²) >= 11 is 0. The summed E-state index contributed by atoms with van der Waals surface area (Å²) in [5.74, 6) is 0.942. The van der Waals surface area contributed by atoms with Gasteiger partial charge >= 0.3 is 0 Å². The van der Waals surface area contributed by atoms with Crippen LogP contribution in [0.1, 0.15) is 50.7 Å². The molecular weight excluding hydrogens is 435 g/mol. The van der Waals surface area contributed by atoms with Crippen molar-refractivity contribution >= 4 is 29.9 Å². The zero-order valence-corrected chi connectivity index (χ0v) is 19.1. The molecule has 0 aromatic heterocycles. The van der Waals surface area contributed by atoms with E-state index in [1.54, 1.807) is 0 Å². The number of rotatable bonds is 8. The lowest BCUT2D eigenvalue weighted by atomic mass is 10.0. The Morgan fingerprint density at radius 1 is 1.12 bits per heavy atom. The minimum atomic E-state index is 0. The smallest absolute Gasteiger partial charge is 0.191 e. The van der Waals surface area contributed by atoms with Crippen LogP contribution in [0.3, 0.4) is 0 Å². The highest BCUT2D eigenvalue weighted by molar-refractivity contribution is 14.0. The van der Waals surface area contributed by atoms with E-state index in [0.717, 1.165) is 25.3 Å². The third-order valence-corrected chi connectivity index (χ3v) is 5.12. The molecule has 148 valence electrons. The van der Waals surface area contributed by atoms with Gasteiger partial charge in [-0.15, -0.1) is 24.0 Å². The molecule has 1 aromatic carbocycles. The number of halogens is 1. The average Bonchev–Trinajstić information content (AvgIpc) is 2.67. The van der Waals surface area contributed by atoms with Crippen LogP contribution in [-0.4, -0.2) is 50.1 Å². The van der Waals surface area contributed by atoms with Crippen LogP contribution in [-0.2, 0) is 12.8 Å². The van der Waals surface area contributed by atoms with Gasteiger partial charge < -0.3 is 15.5 Å². The van der Waals surface area contributed by atoms with Crippen LogP contribution >= 0.6 is 24.0 Å². The molecule has 0 aliphatic carbocycles. The molecule has 4 nitrogen and oxygen atoms in total. The Balaban J connectivity index is 0.00000338. The number of hydrogen-bond donors (Lipinski definition) is 2. The van der Waals surface area contributed by atoms with Crippen molar-refractivity contribution in [2.75, 3.05) is 33.2 Å². The maximum atomic E-state index is 4.39. The van der Waals surface area contributed by atoms with Gasteiger partial charge in [0.1, 0.15) is 0 Å². The van der Waals surface area contributed by atoms with E-state index < -0.39 is 0 Å². The summed E-state index contributed by atoms with van der Waals surface area (Å²) in [6, 6.07) is 9.49. The largest absolute Gasteiger partial charge is 0.356 e. The molecule has 1 aromatic rings. The predicted molar refractivity (Wildman–Crippen MR) is 124 cm³/mol. The third-order valence-electron chi connectivity index (χ3n) is 5.12. The molecule has 2 rings (SSSR count). The summed E-state index contributed by atoms with van der Waals surface area (Å²) in [5.41, 5.74) is 2.78. The van der Waals surface area contributed by atoms with Gasteiger partial charge in [-0.2, -0.15) is 0 Å². The second kappa shape index (κ2) is 13.4. The quantitative estimate of drug-likeness (QED) is 0.343. The van der Waals surface area contributed by atoms with Crippen molar-refractivity contribution in [3.63, 3.8) is 0 Å². The van der Waals surface area contributed by atoms with Crippen molar-refractivity contribution in [3.05, 3.63) is 35.4 Å². The SMILES string of the molecule is CCCCN1CCC(NC(=NC)NCCc2ccc(CC)cc2)CC1.I. The zero-order valence-electron chi connectivity index (χ0n) is 16.8. The fraction of sp³-hybridized carbons (Fsp3) is 0.667. The van der Waals surface area contributed by atoms with Crippen molar-refractivity contribution in [1.82, 2.24) is 15.5 Å². The molecule has 1 aliphatic rings. The highest BCUT2D eigenvalue weighted by atomic mass is 127. The molecule has 26 heavy (non-hydrogen) atoms. The molecule has 1 aliphatic heterocycles. The zero-order chi connectivity index (χ0) is 17.9. The molecule has 2 N–H and O–H groups in total. The van der Waals surface area contributed by atoms with E-state index in [1.165, 1.54) is 56.4 Å². The van der Waals surface area contributed by atoms with Crippen LogP contribution in [0.4, 0.5) is 0 Å². The van der Waals surface area contributed by atoms with E-state index in [2.05, 4.69) is 58.6 Å². The Hall–Kier alpha value is -0.820. The molecular formula is C21H37IN4. The monoisotopic (exact) mass is 472 g/mol. The minimum Gasteiger partial charge on any atom is -0.356 e. The van der Waals surface area contributed by atoms with E-state index in [9.17, 15) is 0 Å². The summed E-state index contributed by atoms with van der Waals surface area (Å²) < 4.78 is 0. The summed E-state index contributed by atoms with van der Waals surface area (Å²) in [6.45, 7) is 9.05. The number of likely N-dealkylation sites (tertiary alicyclic amines) is 1. The second-order valence-electron chi connectivity index (χ2n) is 7.03. The van der Waals surface area contributed by atoms with Crippen LogP contribution in [0.15, 0.2) is 29.3 Å². The van der Waals surface area contributed by atoms with Crippen LogP contribution in [0.5, 0.6) is 0 Å². The number of aryl methyl sites for hydroxylation is 1. The van der Waals surface area contributed by atoms with Crippen molar-refractivity contribution < 1.29 is 0 Å². The topological polar surface area (TPSA) is 39.7 Å². The van der Waals surface area contributed by atoms with E-state index in [0.29, 0.717) is 6.04 Å². The predicted octanol–water partition coefficient (Wildman–Crippen LogP) is 3.84. The molecule has 0 atom stereocenters. The number of unbranched alkanes of at least 4 members (excludes halogenated alkanes) is 1. The van der Waals surface area contributed by atoms with E-state index in [4.69, 9.17) is 0 Å². The number of benzene rings is 1. The molecule has 0 radical (unpaired) electrons. The molecule has 0 unspecified atom stereocenters. The van der Waals surface area contributed by atoms with Gasteiger partial charge in [0, 0.05) is 32.7 Å². The van der Waals surface area contributed by atoms with Gasteiger partial charge in [-0.25, -0.2) is 0 Å². The van der Waals surface area contributed by atoms with Crippen LogP contribution < -0.4 is 10.6 Å². The Morgan fingerprint density at radius 3 is 2.35 bits per heavy atom. The van der Waals surface area contributed by atoms with E-state index >= 15 is 0 Å². The van der Waals surface area contributed by atoms with Gasteiger partial charge in [0.2, 0.25) is 0 Å². The van der Waals surface area contributed by atoms with Gasteiger partial charge in [0.25, 0.3) is 0 Å². The lowest BCUT2D eigenvalue weighted by molar-refractivity contribution is 0.203. The van der Waals surface area contributed by atoms with E-state index in [1.807, 2.05) is 7.05 Å². The summed E-state index contributed by atoms with van der Waals surface area (Å²) in [4.78, 5) is 6.99. The number of nitrogens with zero attached hydrogens (tertiary/aromatic N) is 2. The fourth-order valence-corrected chi connectivity index (χ4v) is 3.34. The third kappa shape index (κ3) is 8.25. The van der Waals surface area contributed by atoms with Gasteiger partial charge in [-0.05, 0) is 49.8 Å². The molecule has 0 bridgehead atoms. The standard InChI is InChI=1S/C21H36N4.HI/c1-4-6-15-25-16-12-20(13-17-25)24-21(22-3)23-14-11-19-9-7-18(5-2)8-10-19;/h7-10,20H,4-6,11-17H2,1-3H3,(H2,22,23,24);1H. The fourth-order valence-electron chi connectivity index (χ4n) is 3.34. The Kier molecular flexibility index (Phi) is 11.9.